The molecule has 0 aliphatic rings. The molecule has 0 amide bonds. The Morgan fingerprint density at radius 2 is 1.91 bits per heavy atom. The van der Waals surface area contributed by atoms with Crippen molar-refractivity contribution in [1.29, 1.82) is 10.5 Å². The normalized spacial score (nSPS) is 9.82. The van der Waals surface area contributed by atoms with Gasteiger partial charge in [-0.15, -0.1) is 0 Å². The molecular formula is C18H15FN2O. The van der Waals surface area contributed by atoms with Gasteiger partial charge in [-0.2, -0.15) is 10.5 Å². The average molecular weight is 294 g/mol. The van der Waals surface area contributed by atoms with E-state index < -0.39 is 5.82 Å². The fourth-order valence-electron chi connectivity index (χ4n) is 2.16. The summed E-state index contributed by atoms with van der Waals surface area (Å²) in [4.78, 5) is 0. The lowest BCUT2D eigenvalue weighted by atomic mass is 10.0. The van der Waals surface area contributed by atoms with Crippen molar-refractivity contribution in [2.75, 3.05) is 6.61 Å². The third-order valence-electron chi connectivity index (χ3n) is 3.26. The van der Waals surface area contributed by atoms with Crippen LogP contribution in [0.25, 0.3) is 16.8 Å². The van der Waals surface area contributed by atoms with Crippen molar-refractivity contribution in [1.82, 2.24) is 0 Å². The van der Waals surface area contributed by atoms with E-state index in [4.69, 9.17) is 15.3 Å². The van der Waals surface area contributed by atoms with Crippen molar-refractivity contribution < 1.29 is 9.13 Å². The predicted octanol–water partition coefficient (Wildman–Crippen LogP) is 4.59. The SMILES string of the molecule is CCCCOc1c(C=C(C#N)C#N)cc(F)c2ccccc12. The van der Waals surface area contributed by atoms with E-state index in [2.05, 4.69) is 6.92 Å². The summed E-state index contributed by atoms with van der Waals surface area (Å²) in [5.41, 5.74) is 0.320. The summed E-state index contributed by atoms with van der Waals surface area (Å²) in [6, 6.07) is 11.9. The van der Waals surface area contributed by atoms with Crippen LogP contribution in [-0.2, 0) is 0 Å². The van der Waals surface area contributed by atoms with Crippen LogP contribution in [0.15, 0.2) is 35.9 Å². The van der Waals surface area contributed by atoms with Gasteiger partial charge in [0, 0.05) is 16.3 Å². The summed E-state index contributed by atoms with van der Waals surface area (Å²) in [6.07, 6.45) is 3.21. The van der Waals surface area contributed by atoms with Crippen LogP contribution < -0.4 is 4.74 Å². The Kier molecular flexibility index (Phi) is 5.11. The summed E-state index contributed by atoms with van der Waals surface area (Å²) in [6.45, 7) is 2.55. The molecule has 2 aromatic rings. The third-order valence-corrected chi connectivity index (χ3v) is 3.26. The number of hydrogen-bond donors (Lipinski definition) is 0. The zero-order valence-electron chi connectivity index (χ0n) is 12.3. The lowest BCUT2D eigenvalue weighted by Crippen LogP contribution is -2.00. The van der Waals surface area contributed by atoms with Crippen molar-refractivity contribution >= 4 is 16.8 Å². The zero-order valence-corrected chi connectivity index (χ0v) is 12.3. The number of ether oxygens (including phenoxy) is 1. The smallest absolute Gasteiger partial charge is 0.134 e. The largest absolute Gasteiger partial charge is 0.492 e. The summed E-state index contributed by atoms with van der Waals surface area (Å²) in [5.74, 6) is 0.105. The highest BCUT2D eigenvalue weighted by Crippen LogP contribution is 2.33. The van der Waals surface area contributed by atoms with Gasteiger partial charge < -0.3 is 4.74 Å². The van der Waals surface area contributed by atoms with Crippen molar-refractivity contribution in [2.45, 2.75) is 19.8 Å². The van der Waals surface area contributed by atoms with Gasteiger partial charge in [0.1, 0.15) is 29.3 Å². The topological polar surface area (TPSA) is 56.8 Å². The Morgan fingerprint density at radius 3 is 2.55 bits per heavy atom. The number of fused-ring (bicyclic) bond motifs is 1. The minimum absolute atomic E-state index is 0.0879. The molecule has 0 aromatic heterocycles. The van der Waals surface area contributed by atoms with E-state index in [1.807, 2.05) is 0 Å². The highest BCUT2D eigenvalue weighted by Gasteiger charge is 2.13. The molecule has 0 radical (unpaired) electrons. The first-order valence-corrected chi connectivity index (χ1v) is 7.07. The van der Waals surface area contributed by atoms with Gasteiger partial charge in [-0.3, -0.25) is 0 Å². The Balaban J connectivity index is 2.63. The van der Waals surface area contributed by atoms with Crippen LogP contribution in [0.3, 0.4) is 0 Å². The van der Waals surface area contributed by atoms with Crippen LogP contribution in [0.2, 0.25) is 0 Å². The lowest BCUT2D eigenvalue weighted by Gasteiger charge is -2.13. The molecule has 0 saturated heterocycles. The van der Waals surface area contributed by atoms with Crippen LogP contribution in [0, 0.1) is 28.5 Å². The molecule has 0 spiro atoms. The minimum atomic E-state index is -0.403. The summed E-state index contributed by atoms with van der Waals surface area (Å²) in [5, 5.41) is 18.9. The Bertz CT molecular complexity index is 781. The molecule has 0 unspecified atom stereocenters. The van der Waals surface area contributed by atoms with Gasteiger partial charge in [0.2, 0.25) is 0 Å². The molecule has 0 bridgehead atoms. The highest BCUT2D eigenvalue weighted by molar-refractivity contribution is 5.92. The van der Waals surface area contributed by atoms with Gasteiger partial charge in [-0.1, -0.05) is 37.6 Å². The summed E-state index contributed by atoms with van der Waals surface area (Å²) >= 11 is 0. The highest BCUT2D eigenvalue weighted by atomic mass is 19.1. The van der Waals surface area contributed by atoms with Crippen LogP contribution >= 0.6 is 0 Å². The lowest BCUT2D eigenvalue weighted by molar-refractivity contribution is 0.312. The van der Waals surface area contributed by atoms with Crippen molar-refractivity contribution in [2.24, 2.45) is 0 Å². The molecule has 0 fully saturated rings. The molecule has 4 heteroatoms. The van der Waals surface area contributed by atoms with E-state index in [0.29, 0.717) is 28.7 Å². The number of halogens is 1. The first-order chi connectivity index (χ1) is 10.7. The number of allylic oxidation sites excluding steroid dienone is 1. The van der Waals surface area contributed by atoms with Crippen LogP contribution in [-0.4, -0.2) is 6.61 Å². The minimum Gasteiger partial charge on any atom is -0.492 e. The molecule has 3 nitrogen and oxygen atoms in total. The number of benzene rings is 2. The van der Waals surface area contributed by atoms with Gasteiger partial charge in [-0.25, -0.2) is 4.39 Å². The Hall–Kier alpha value is -2.85. The summed E-state index contributed by atoms with van der Waals surface area (Å²) in [7, 11) is 0. The van der Waals surface area contributed by atoms with Crippen LogP contribution in [0.4, 0.5) is 4.39 Å². The average Bonchev–Trinajstić information content (AvgIpc) is 2.55. The molecular weight excluding hydrogens is 279 g/mol. The fraction of sp³-hybridized carbons (Fsp3) is 0.222. The van der Waals surface area contributed by atoms with Crippen molar-refractivity contribution in [3.63, 3.8) is 0 Å². The van der Waals surface area contributed by atoms with Gasteiger partial charge in [0.15, 0.2) is 0 Å². The molecule has 110 valence electrons. The van der Waals surface area contributed by atoms with Gasteiger partial charge in [0.05, 0.1) is 6.61 Å². The van der Waals surface area contributed by atoms with Crippen molar-refractivity contribution in [3.8, 4) is 17.9 Å². The van der Waals surface area contributed by atoms with E-state index in [-0.39, 0.29) is 5.57 Å². The third kappa shape index (κ3) is 3.24. The maximum Gasteiger partial charge on any atom is 0.134 e. The van der Waals surface area contributed by atoms with Crippen molar-refractivity contribution in [3.05, 3.63) is 47.3 Å². The first-order valence-electron chi connectivity index (χ1n) is 7.07. The maximum atomic E-state index is 14.2. The maximum absolute atomic E-state index is 14.2. The quantitative estimate of drug-likeness (QED) is 0.598. The van der Waals surface area contributed by atoms with E-state index in [0.717, 1.165) is 12.8 Å². The molecule has 22 heavy (non-hydrogen) atoms. The Morgan fingerprint density at radius 1 is 1.23 bits per heavy atom. The molecule has 2 aromatic carbocycles. The van der Waals surface area contributed by atoms with E-state index in [1.54, 1.807) is 36.4 Å². The molecule has 0 saturated carbocycles. The number of unbranched alkanes of at least 4 members (excludes halogenated alkanes) is 1. The first kappa shape index (κ1) is 15.5. The second kappa shape index (κ2) is 7.24. The fourth-order valence-corrected chi connectivity index (χ4v) is 2.16. The van der Waals surface area contributed by atoms with E-state index >= 15 is 0 Å². The van der Waals surface area contributed by atoms with Crippen LogP contribution in [0.1, 0.15) is 25.3 Å². The number of nitriles is 2. The second-order valence-corrected chi connectivity index (χ2v) is 4.81. The Labute approximate surface area is 128 Å². The molecule has 0 aliphatic carbocycles. The van der Waals surface area contributed by atoms with E-state index in [1.165, 1.54) is 12.1 Å². The van der Waals surface area contributed by atoms with E-state index in [9.17, 15) is 4.39 Å². The standard InChI is InChI=1S/C18H15FN2O/c1-2-3-8-22-18-14(9-13(11-20)12-21)10-17(19)15-6-4-5-7-16(15)18/h4-7,9-10H,2-3,8H2,1H3. The molecule has 2 rings (SSSR count). The molecule has 0 aliphatic heterocycles. The molecule has 0 heterocycles. The van der Waals surface area contributed by atoms with Gasteiger partial charge in [-0.05, 0) is 18.6 Å². The summed E-state index contributed by atoms with van der Waals surface area (Å²) < 4.78 is 20.0. The number of rotatable bonds is 5. The monoisotopic (exact) mass is 294 g/mol. The molecule has 0 N–H and O–H groups in total. The number of nitrogens with zero attached hydrogens (tertiary/aromatic N) is 2. The van der Waals surface area contributed by atoms with Gasteiger partial charge >= 0.3 is 0 Å². The predicted molar refractivity (Wildman–Crippen MR) is 83.5 cm³/mol. The zero-order chi connectivity index (χ0) is 15.9. The van der Waals surface area contributed by atoms with Crippen LogP contribution in [0.5, 0.6) is 5.75 Å². The number of hydrogen-bond acceptors (Lipinski definition) is 3. The van der Waals surface area contributed by atoms with Gasteiger partial charge in [0.25, 0.3) is 0 Å². The molecule has 0 atom stereocenters. The second-order valence-electron chi connectivity index (χ2n) is 4.81.